The quantitative estimate of drug-likeness (QED) is 0.525. The molecule has 3 aromatic rings. The van der Waals surface area contributed by atoms with Crippen molar-refractivity contribution in [1.29, 1.82) is 0 Å². The topological polar surface area (TPSA) is 64.4 Å². The zero-order valence-corrected chi connectivity index (χ0v) is 18.0. The third-order valence-corrected chi connectivity index (χ3v) is 5.02. The Bertz CT molecular complexity index is 1020. The number of benzene rings is 2. The van der Waals surface area contributed by atoms with Crippen LogP contribution < -0.4 is 0 Å². The number of carbonyl (C=O) groups is 2. The molecule has 7 heteroatoms. The SMILES string of the molecule is Cc1nn(-c2ccccc2)c(Cl)c1C(=O)OCC(=O)N(Cc1ccccc1)C(C)C. The molecule has 0 saturated heterocycles. The van der Waals surface area contributed by atoms with Crippen molar-refractivity contribution in [3.8, 4) is 5.69 Å². The first-order valence-electron chi connectivity index (χ1n) is 9.69. The van der Waals surface area contributed by atoms with Gasteiger partial charge in [0.15, 0.2) is 6.61 Å². The van der Waals surface area contributed by atoms with Crippen LogP contribution in [0.1, 0.15) is 35.5 Å². The lowest BCUT2D eigenvalue weighted by molar-refractivity contribution is -0.136. The van der Waals surface area contributed by atoms with Gasteiger partial charge in [-0.3, -0.25) is 4.79 Å². The Balaban J connectivity index is 1.70. The van der Waals surface area contributed by atoms with Gasteiger partial charge in [0.05, 0.1) is 11.4 Å². The molecule has 0 aliphatic carbocycles. The molecule has 0 aliphatic rings. The lowest BCUT2D eigenvalue weighted by atomic mass is 10.2. The fourth-order valence-corrected chi connectivity index (χ4v) is 3.44. The van der Waals surface area contributed by atoms with Gasteiger partial charge in [0.25, 0.3) is 5.91 Å². The monoisotopic (exact) mass is 425 g/mol. The molecule has 0 atom stereocenters. The van der Waals surface area contributed by atoms with E-state index in [0.717, 1.165) is 11.3 Å². The van der Waals surface area contributed by atoms with Crippen molar-refractivity contribution in [3.63, 3.8) is 0 Å². The molecule has 0 fully saturated rings. The normalized spacial score (nSPS) is 10.8. The van der Waals surface area contributed by atoms with Gasteiger partial charge in [0.1, 0.15) is 10.7 Å². The Kier molecular flexibility index (Phi) is 6.90. The van der Waals surface area contributed by atoms with Crippen LogP contribution in [0.5, 0.6) is 0 Å². The third-order valence-electron chi connectivity index (χ3n) is 4.68. The van der Waals surface area contributed by atoms with Crippen LogP contribution >= 0.6 is 11.6 Å². The molecule has 1 heterocycles. The molecule has 6 nitrogen and oxygen atoms in total. The molecule has 156 valence electrons. The van der Waals surface area contributed by atoms with Crippen molar-refractivity contribution in [2.45, 2.75) is 33.4 Å². The summed E-state index contributed by atoms with van der Waals surface area (Å²) in [5.41, 5.74) is 2.34. The second-order valence-electron chi connectivity index (χ2n) is 7.18. The van der Waals surface area contributed by atoms with Crippen molar-refractivity contribution in [3.05, 3.63) is 82.6 Å². The molecule has 0 aliphatic heterocycles. The van der Waals surface area contributed by atoms with E-state index in [1.807, 2.05) is 74.5 Å². The number of hydrogen-bond acceptors (Lipinski definition) is 4. The van der Waals surface area contributed by atoms with Crippen LogP contribution in [0.3, 0.4) is 0 Å². The van der Waals surface area contributed by atoms with Crippen LogP contribution in [0.25, 0.3) is 5.69 Å². The average molecular weight is 426 g/mol. The van der Waals surface area contributed by atoms with E-state index in [4.69, 9.17) is 16.3 Å². The summed E-state index contributed by atoms with van der Waals surface area (Å²) < 4.78 is 6.78. The number of hydrogen-bond donors (Lipinski definition) is 0. The first-order valence-corrected chi connectivity index (χ1v) is 10.1. The van der Waals surface area contributed by atoms with Crippen LogP contribution in [0.4, 0.5) is 0 Å². The Hall–Kier alpha value is -3.12. The van der Waals surface area contributed by atoms with Crippen LogP contribution in [-0.4, -0.2) is 39.2 Å². The molecule has 0 radical (unpaired) electrons. The van der Waals surface area contributed by atoms with Gasteiger partial charge in [-0.25, -0.2) is 9.48 Å². The van der Waals surface area contributed by atoms with Gasteiger partial charge in [-0.2, -0.15) is 5.10 Å². The minimum absolute atomic E-state index is 0.0393. The number of amides is 1. The van der Waals surface area contributed by atoms with Gasteiger partial charge in [-0.05, 0) is 38.5 Å². The summed E-state index contributed by atoms with van der Waals surface area (Å²) in [7, 11) is 0. The first-order chi connectivity index (χ1) is 14.4. The highest BCUT2D eigenvalue weighted by Crippen LogP contribution is 2.24. The van der Waals surface area contributed by atoms with Crippen molar-refractivity contribution in [2.24, 2.45) is 0 Å². The number of aryl methyl sites for hydroxylation is 1. The number of esters is 1. The van der Waals surface area contributed by atoms with Gasteiger partial charge < -0.3 is 9.64 Å². The van der Waals surface area contributed by atoms with E-state index in [2.05, 4.69) is 5.10 Å². The molecule has 2 aromatic carbocycles. The fourth-order valence-electron chi connectivity index (χ4n) is 3.09. The average Bonchev–Trinajstić information content (AvgIpc) is 3.05. The molecule has 0 N–H and O–H groups in total. The Morgan fingerprint density at radius 3 is 2.27 bits per heavy atom. The van der Waals surface area contributed by atoms with Gasteiger partial charge in [-0.1, -0.05) is 60.1 Å². The van der Waals surface area contributed by atoms with E-state index in [9.17, 15) is 9.59 Å². The molecule has 0 saturated carbocycles. The maximum absolute atomic E-state index is 12.7. The van der Waals surface area contributed by atoms with Crippen LogP contribution in [0.2, 0.25) is 5.15 Å². The Morgan fingerprint density at radius 2 is 1.67 bits per heavy atom. The van der Waals surface area contributed by atoms with Crippen molar-refractivity contribution in [1.82, 2.24) is 14.7 Å². The van der Waals surface area contributed by atoms with E-state index in [1.165, 1.54) is 4.68 Å². The number of halogens is 1. The highest BCUT2D eigenvalue weighted by molar-refractivity contribution is 6.33. The molecule has 3 rings (SSSR count). The predicted octanol–water partition coefficient (Wildman–Crippen LogP) is 4.43. The highest BCUT2D eigenvalue weighted by atomic mass is 35.5. The smallest absolute Gasteiger partial charge is 0.343 e. The number of rotatable bonds is 7. The standard InChI is InChI=1S/C23H24ClN3O3/c1-16(2)26(14-18-10-6-4-7-11-18)20(28)15-30-23(29)21-17(3)25-27(22(21)24)19-12-8-5-9-13-19/h4-13,16H,14-15H2,1-3H3. The molecule has 0 spiro atoms. The molecule has 0 unspecified atom stereocenters. The van der Waals surface area contributed by atoms with E-state index < -0.39 is 5.97 Å². The number of nitrogens with zero attached hydrogens (tertiary/aromatic N) is 3. The first kappa shape index (κ1) is 21.6. The van der Waals surface area contributed by atoms with Crippen molar-refractivity contribution >= 4 is 23.5 Å². The van der Waals surface area contributed by atoms with Crippen LogP contribution in [-0.2, 0) is 16.1 Å². The maximum Gasteiger partial charge on any atom is 0.343 e. The lowest BCUT2D eigenvalue weighted by Gasteiger charge is -2.26. The zero-order chi connectivity index (χ0) is 21.7. The third kappa shape index (κ3) is 4.89. The van der Waals surface area contributed by atoms with Gasteiger partial charge >= 0.3 is 5.97 Å². The predicted molar refractivity (Wildman–Crippen MR) is 116 cm³/mol. The maximum atomic E-state index is 12.7. The molecular weight excluding hydrogens is 402 g/mol. The summed E-state index contributed by atoms with van der Waals surface area (Å²) in [4.78, 5) is 27.0. The number of carbonyl (C=O) groups excluding carboxylic acids is 2. The summed E-state index contributed by atoms with van der Waals surface area (Å²) in [6, 6.07) is 18.9. The van der Waals surface area contributed by atoms with E-state index in [0.29, 0.717) is 12.2 Å². The number of para-hydroxylation sites is 1. The van der Waals surface area contributed by atoms with Crippen molar-refractivity contribution in [2.75, 3.05) is 6.61 Å². The van der Waals surface area contributed by atoms with Gasteiger partial charge in [0, 0.05) is 12.6 Å². The Labute approximate surface area is 181 Å². The van der Waals surface area contributed by atoms with E-state index in [-0.39, 0.29) is 29.3 Å². The molecular formula is C23H24ClN3O3. The zero-order valence-electron chi connectivity index (χ0n) is 17.2. The second-order valence-corrected chi connectivity index (χ2v) is 7.53. The van der Waals surface area contributed by atoms with Crippen LogP contribution in [0, 0.1) is 6.92 Å². The minimum atomic E-state index is -0.670. The lowest BCUT2D eigenvalue weighted by Crippen LogP contribution is -2.39. The van der Waals surface area contributed by atoms with E-state index in [1.54, 1.807) is 11.8 Å². The van der Waals surface area contributed by atoms with Crippen molar-refractivity contribution < 1.29 is 14.3 Å². The fraction of sp³-hybridized carbons (Fsp3) is 0.261. The summed E-state index contributed by atoms with van der Waals surface area (Å²) >= 11 is 6.40. The largest absolute Gasteiger partial charge is 0.452 e. The van der Waals surface area contributed by atoms with Crippen LogP contribution in [0.15, 0.2) is 60.7 Å². The van der Waals surface area contributed by atoms with E-state index >= 15 is 0 Å². The minimum Gasteiger partial charge on any atom is -0.452 e. The molecule has 1 aromatic heterocycles. The summed E-state index contributed by atoms with van der Waals surface area (Å²) in [6.45, 7) is 5.61. The summed E-state index contributed by atoms with van der Waals surface area (Å²) in [6.07, 6.45) is 0. The second kappa shape index (κ2) is 9.59. The molecule has 30 heavy (non-hydrogen) atoms. The molecule has 0 bridgehead atoms. The molecule has 1 amide bonds. The summed E-state index contributed by atoms with van der Waals surface area (Å²) in [5, 5.41) is 4.49. The number of ether oxygens (including phenoxy) is 1. The Morgan fingerprint density at radius 1 is 1.07 bits per heavy atom. The number of aromatic nitrogens is 2. The van der Waals surface area contributed by atoms with Gasteiger partial charge in [-0.15, -0.1) is 0 Å². The highest BCUT2D eigenvalue weighted by Gasteiger charge is 2.25. The summed E-state index contributed by atoms with van der Waals surface area (Å²) in [5.74, 6) is -0.942. The van der Waals surface area contributed by atoms with Gasteiger partial charge in [0.2, 0.25) is 0 Å².